The molecule has 3 nitrogen and oxygen atoms in total. The van der Waals surface area contributed by atoms with Crippen molar-refractivity contribution in [3.8, 4) is 5.75 Å². The first-order chi connectivity index (χ1) is 6.79. The maximum Gasteiger partial charge on any atom is 0.125 e. The minimum Gasteiger partial charge on any atom is -0.493 e. The van der Waals surface area contributed by atoms with Gasteiger partial charge in [0.25, 0.3) is 0 Å². The molecule has 1 atom stereocenters. The monoisotopic (exact) mass is 196 g/mol. The molecule has 0 fully saturated rings. The van der Waals surface area contributed by atoms with Crippen LogP contribution in [0.25, 0.3) is 0 Å². The summed E-state index contributed by atoms with van der Waals surface area (Å²) in [5.41, 5.74) is 0.739. The van der Waals surface area contributed by atoms with Crippen molar-refractivity contribution in [2.45, 2.75) is 19.4 Å². The summed E-state index contributed by atoms with van der Waals surface area (Å²) in [7, 11) is 0. The molecule has 0 aliphatic rings. The van der Waals surface area contributed by atoms with Gasteiger partial charge in [0.15, 0.2) is 0 Å². The van der Waals surface area contributed by atoms with Crippen LogP contribution in [0, 0.1) is 0 Å². The molecule has 0 saturated carbocycles. The molecule has 1 aromatic carbocycles. The Balaban J connectivity index is 2.82. The van der Waals surface area contributed by atoms with E-state index in [1.807, 2.05) is 31.2 Å². The van der Waals surface area contributed by atoms with E-state index in [0.29, 0.717) is 18.8 Å². The van der Waals surface area contributed by atoms with Gasteiger partial charge in [-0.05, 0) is 13.0 Å². The van der Waals surface area contributed by atoms with Crippen molar-refractivity contribution in [2.75, 3.05) is 13.2 Å². The molecule has 0 aliphatic heterocycles. The number of ether oxygens (including phenoxy) is 1. The van der Waals surface area contributed by atoms with E-state index in [0.717, 1.165) is 5.56 Å². The molecule has 0 unspecified atom stereocenters. The summed E-state index contributed by atoms with van der Waals surface area (Å²) < 4.78 is 5.36. The van der Waals surface area contributed by atoms with Crippen molar-refractivity contribution in [1.29, 1.82) is 0 Å². The third kappa shape index (κ3) is 2.72. The second kappa shape index (κ2) is 5.62. The van der Waals surface area contributed by atoms with Gasteiger partial charge in [-0.1, -0.05) is 18.2 Å². The normalized spacial score (nSPS) is 12.5. The van der Waals surface area contributed by atoms with Crippen LogP contribution in [-0.2, 0) is 0 Å². The van der Waals surface area contributed by atoms with Gasteiger partial charge < -0.3 is 14.9 Å². The average molecular weight is 196 g/mol. The Labute approximate surface area is 84.0 Å². The van der Waals surface area contributed by atoms with Crippen LogP contribution in [0.4, 0.5) is 0 Å². The summed E-state index contributed by atoms with van der Waals surface area (Å²) in [5.74, 6) is 0.691. The largest absolute Gasteiger partial charge is 0.493 e. The number of rotatable bonds is 5. The van der Waals surface area contributed by atoms with Crippen LogP contribution in [0.3, 0.4) is 0 Å². The van der Waals surface area contributed by atoms with E-state index in [1.165, 1.54) is 0 Å². The molecular weight excluding hydrogens is 180 g/mol. The quantitative estimate of drug-likeness (QED) is 0.750. The van der Waals surface area contributed by atoms with Crippen molar-refractivity contribution in [2.24, 2.45) is 0 Å². The molecule has 3 heteroatoms. The van der Waals surface area contributed by atoms with E-state index >= 15 is 0 Å². The lowest BCUT2D eigenvalue weighted by atomic mass is 10.1. The smallest absolute Gasteiger partial charge is 0.125 e. The first kappa shape index (κ1) is 11.0. The molecular formula is C11H16O3. The predicted octanol–water partition coefficient (Wildman–Crippen LogP) is 1.50. The highest BCUT2D eigenvalue weighted by atomic mass is 16.5. The van der Waals surface area contributed by atoms with E-state index in [1.54, 1.807) is 0 Å². The molecule has 0 radical (unpaired) electrons. The maximum atomic E-state index is 9.69. The first-order valence-corrected chi connectivity index (χ1v) is 4.80. The van der Waals surface area contributed by atoms with Crippen molar-refractivity contribution in [1.82, 2.24) is 0 Å². The third-order valence-electron chi connectivity index (χ3n) is 1.98. The van der Waals surface area contributed by atoms with Gasteiger partial charge in [-0.3, -0.25) is 0 Å². The van der Waals surface area contributed by atoms with Crippen LogP contribution in [0.1, 0.15) is 25.0 Å². The highest BCUT2D eigenvalue weighted by molar-refractivity contribution is 5.34. The van der Waals surface area contributed by atoms with Gasteiger partial charge in [-0.15, -0.1) is 0 Å². The number of aliphatic hydroxyl groups excluding tert-OH is 2. The van der Waals surface area contributed by atoms with Gasteiger partial charge in [-0.2, -0.15) is 0 Å². The summed E-state index contributed by atoms with van der Waals surface area (Å²) in [4.78, 5) is 0. The number of aliphatic hydroxyl groups is 2. The average Bonchev–Trinajstić information content (AvgIpc) is 2.19. The van der Waals surface area contributed by atoms with Gasteiger partial charge in [0, 0.05) is 18.6 Å². The van der Waals surface area contributed by atoms with E-state index in [2.05, 4.69) is 0 Å². The van der Waals surface area contributed by atoms with Crippen molar-refractivity contribution >= 4 is 0 Å². The summed E-state index contributed by atoms with van der Waals surface area (Å²) >= 11 is 0. The number of hydrogen-bond acceptors (Lipinski definition) is 3. The standard InChI is InChI=1S/C11H16O3/c1-2-14-11-6-4-3-5-9(11)10(13)7-8-12/h3-6,10,12-13H,2,7-8H2,1H3/t10-/m0/s1. The third-order valence-corrected chi connectivity index (χ3v) is 1.98. The predicted molar refractivity (Wildman–Crippen MR) is 54.3 cm³/mol. The topological polar surface area (TPSA) is 49.7 Å². The van der Waals surface area contributed by atoms with Crippen molar-refractivity contribution < 1.29 is 14.9 Å². The zero-order valence-corrected chi connectivity index (χ0v) is 8.31. The van der Waals surface area contributed by atoms with Crippen LogP contribution in [0.5, 0.6) is 5.75 Å². The summed E-state index contributed by atoms with van der Waals surface area (Å²) in [6.07, 6.45) is -0.313. The van der Waals surface area contributed by atoms with E-state index < -0.39 is 6.10 Å². The van der Waals surface area contributed by atoms with Crippen molar-refractivity contribution in [3.05, 3.63) is 29.8 Å². The molecule has 0 aromatic heterocycles. The molecule has 1 rings (SSSR count). The Bertz CT molecular complexity index is 273. The summed E-state index contributed by atoms with van der Waals surface area (Å²) in [5, 5.41) is 18.4. The highest BCUT2D eigenvalue weighted by Gasteiger charge is 2.11. The zero-order chi connectivity index (χ0) is 10.4. The van der Waals surface area contributed by atoms with E-state index in [9.17, 15) is 5.11 Å². The van der Waals surface area contributed by atoms with Crippen LogP contribution in [-0.4, -0.2) is 23.4 Å². The van der Waals surface area contributed by atoms with Gasteiger partial charge in [-0.25, -0.2) is 0 Å². The minimum atomic E-state index is -0.650. The van der Waals surface area contributed by atoms with E-state index in [4.69, 9.17) is 9.84 Å². The van der Waals surface area contributed by atoms with E-state index in [-0.39, 0.29) is 6.61 Å². The lowest BCUT2D eigenvalue weighted by molar-refractivity contribution is 0.130. The lowest BCUT2D eigenvalue weighted by Crippen LogP contribution is -2.04. The van der Waals surface area contributed by atoms with Crippen LogP contribution < -0.4 is 4.74 Å². The Hall–Kier alpha value is -1.06. The maximum absolute atomic E-state index is 9.69. The van der Waals surface area contributed by atoms with Crippen LogP contribution in [0.2, 0.25) is 0 Å². The minimum absolute atomic E-state index is 0.0262. The molecule has 78 valence electrons. The van der Waals surface area contributed by atoms with Gasteiger partial charge >= 0.3 is 0 Å². The fourth-order valence-corrected chi connectivity index (χ4v) is 1.32. The molecule has 0 bridgehead atoms. The first-order valence-electron chi connectivity index (χ1n) is 4.80. The Morgan fingerprint density at radius 3 is 2.71 bits per heavy atom. The zero-order valence-electron chi connectivity index (χ0n) is 8.31. The number of para-hydroxylation sites is 1. The SMILES string of the molecule is CCOc1ccccc1[C@@H](O)CCO. The summed E-state index contributed by atoms with van der Waals surface area (Å²) in [6.45, 7) is 2.44. The Morgan fingerprint density at radius 2 is 2.07 bits per heavy atom. The Morgan fingerprint density at radius 1 is 1.36 bits per heavy atom. The molecule has 0 spiro atoms. The van der Waals surface area contributed by atoms with Crippen LogP contribution >= 0.6 is 0 Å². The fourth-order valence-electron chi connectivity index (χ4n) is 1.32. The van der Waals surface area contributed by atoms with Gasteiger partial charge in [0.1, 0.15) is 5.75 Å². The molecule has 0 heterocycles. The van der Waals surface area contributed by atoms with Gasteiger partial charge in [0.2, 0.25) is 0 Å². The molecule has 0 amide bonds. The highest BCUT2D eigenvalue weighted by Crippen LogP contribution is 2.26. The van der Waals surface area contributed by atoms with Crippen LogP contribution in [0.15, 0.2) is 24.3 Å². The number of hydrogen-bond donors (Lipinski definition) is 2. The summed E-state index contributed by atoms with van der Waals surface area (Å²) in [6, 6.07) is 7.34. The molecule has 2 N–H and O–H groups in total. The molecule has 0 aliphatic carbocycles. The molecule has 14 heavy (non-hydrogen) atoms. The van der Waals surface area contributed by atoms with Crippen molar-refractivity contribution in [3.63, 3.8) is 0 Å². The second-order valence-electron chi connectivity index (χ2n) is 3.00. The van der Waals surface area contributed by atoms with Gasteiger partial charge in [0.05, 0.1) is 12.7 Å². The number of benzene rings is 1. The Kier molecular flexibility index (Phi) is 4.43. The second-order valence-corrected chi connectivity index (χ2v) is 3.00. The molecule has 0 saturated heterocycles. The fraction of sp³-hybridized carbons (Fsp3) is 0.455. The molecule has 1 aromatic rings. The lowest BCUT2D eigenvalue weighted by Gasteiger charge is -2.14.